The van der Waals surface area contributed by atoms with Crippen LogP contribution < -0.4 is 0 Å². The van der Waals surface area contributed by atoms with Gasteiger partial charge in [0, 0.05) is 11.1 Å². The highest BCUT2D eigenvalue weighted by Crippen LogP contribution is 2.39. The van der Waals surface area contributed by atoms with E-state index in [0.717, 1.165) is 17.0 Å². The fourth-order valence-corrected chi connectivity index (χ4v) is 2.85. The summed E-state index contributed by atoms with van der Waals surface area (Å²) in [5.41, 5.74) is 3.54. The Morgan fingerprint density at radius 3 is 2.09 bits per heavy atom. The zero-order chi connectivity index (χ0) is 15.5. The van der Waals surface area contributed by atoms with E-state index in [4.69, 9.17) is 23.2 Å². The molecule has 22 heavy (non-hydrogen) atoms. The maximum absolute atomic E-state index is 6.13. The number of nitrogens with zero attached hydrogens (tertiary/aromatic N) is 1. The fraction of sp³-hybridized carbons (Fsp3) is 0.167. The van der Waals surface area contributed by atoms with Crippen LogP contribution in [0.4, 0.5) is 5.69 Å². The second-order valence-corrected chi connectivity index (χ2v) is 6.13. The second kappa shape index (κ2) is 6.65. The molecule has 0 amide bonds. The monoisotopic (exact) mass is 343 g/mol. The normalized spacial score (nSPS) is 13.0. The summed E-state index contributed by atoms with van der Waals surface area (Å²) in [5.74, 6) is 6.95. The van der Waals surface area contributed by atoms with Gasteiger partial charge in [-0.15, -0.1) is 0 Å². The number of hydrogen-bond donors (Lipinski definition) is 0. The first kappa shape index (κ1) is 15.3. The quantitative estimate of drug-likeness (QED) is 0.369. The zero-order valence-corrected chi connectivity index (χ0v) is 13.9. The smallest absolute Gasteiger partial charge is 0.111 e. The molecule has 0 bridgehead atoms. The van der Waals surface area contributed by atoms with E-state index >= 15 is 0 Å². The van der Waals surface area contributed by atoms with Gasteiger partial charge in [-0.3, -0.25) is 0 Å². The minimum absolute atomic E-state index is 0.415. The second-order valence-electron chi connectivity index (χ2n) is 5.14. The zero-order valence-electron chi connectivity index (χ0n) is 11.6. The molecule has 1 aliphatic rings. The number of rotatable bonds is 2. The van der Waals surface area contributed by atoms with Gasteiger partial charge in [-0.05, 0) is 60.8 Å². The van der Waals surface area contributed by atoms with Gasteiger partial charge >= 0.3 is 0 Å². The Kier molecular flexibility index (Phi) is 4.62. The van der Waals surface area contributed by atoms with Crippen LogP contribution in [0.2, 0.25) is 10.0 Å². The lowest BCUT2D eigenvalue weighted by Crippen LogP contribution is -1.81. The van der Waals surface area contributed by atoms with E-state index in [2.05, 4.69) is 58.5 Å². The molecule has 0 radical (unpaired) electrons. The lowest BCUT2D eigenvalue weighted by molar-refractivity contribution is 1.13. The Balaban J connectivity index is 1.85. The van der Waals surface area contributed by atoms with Gasteiger partial charge in [0.05, 0.1) is 15.2 Å². The summed E-state index contributed by atoms with van der Waals surface area (Å²) in [6, 6.07) is 11.9. The molecular formula is C18H11Cl2NS. The highest BCUT2D eigenvalue weighted by molar-refractivity contribution is 7.78. The van der Waals surface area contributed by atoms with Crippen LogP contribution in [-0.2, 0) is 0 Å². The van der Waals surface area contributed by atoms with E-state index in [9.17, 15) is 0 Å². The summed E-state index contributed by atoms with van der Waals surface area (Å²) in [5, 5.41) is 3.10. The van der Waals surface area contributed by atoms with Crippen molar-refractivity contribution in [2.24, 2.45) is 4.99 Å². The molecule has 0 atom stereocenters. The molecule has 1 aliphatic carbocycles. The van der Waals surface area contributed by atoms with Crippen molar-refractivity contribution in [2.75, 3.05) is 0 Å². The van der Waals surface area contributed by atoms with Gasteiger partial charge < -0.3 is 0 Å². The first-order valence-corrected chi connectivity index (χ1v) is 8.02. The average Bonchev–Trinajstić information content (AvgIpc) is 3.34. The summed E-state index contributed by atoms with van der Waals surface area (Å²) < 4.78 is 0. The van der Waals surface area contributed by atoms with Gasteiger partial charge in [0.2, 0.25) is 0 Å². The maximum Gasteiger partial charge on any atom is 0.111 e. The van der Waals surface area contributed by atoms with Crippen LogP contribution in [0, 0.1) is 11.8 Å². The van der Waals surface area contributed by atoms with Crippen LogP contribution in [-0.4, -0.2) is 5.16 Å². The van der Waals surface area contributed by atoms with Gasteiger partial charge in [0.1, 0.15) is 5.69 Å². The third-order valence-corrected chi connectivity index (χ3v) is 4.15. The van der Waals surface area contributed by atoms with E-state index < -0.39 is 0 Å². The molecule has 1 nitrogen and oxygen atoms in total. The van der Waals surface area contributed by atoms with Crippen LogP contribution >= 0.6 is 35.4 Å². The molecular weight excluding hydrogens is 333 g/mol. The molecule has 3 rings (SSSR count). The first-order valence-electron chi connectivity index (χ1n) is 6.86. The first-order chi connectivity index (χ1) is 10.7. The van der Waals surface area contributed by atoms with Crippen LogP contribution in [0.1, 0.15) is 35.4 Å². The standard InChI is InChI=1S/C18H11Cl2NS/c19-16-9-13(10-17(20)18(16)21-11-22)2-1-12-3-5-14(6-4-12)15-7-8-15/h3-6,9-10,15H,7-8H2. The summed E-state index contributed by atoms with van der Waals surface area (Å²) in [7, 11) is 0. The van der Waals surface area contributed by atoms with Crippen molar-refractivity contribution in [3.05, 3.63) is 63.1 Å². The average molecular weight is 344 g/mol. The van der Waals surface area contributed by atoms with Crippen molar-refractivity contribution in [2.45, 2.75) is 18.8 Å². The van der Waals surface area contributed by atoms with Crippen LogP contribution in [0.15, 0.2) is 41.4 Å². The van der Waals surface area contributed by atoms with Crippen LogP contribution in [0.3, 0.4) is 0 Å². The van der Waals surface area contributed by atoms with Crippen molar-refractivity contribution >= 4 is 46.3 Å². The minimum Gasteiger partial charge on any atom is -0.192 e. The Bertz CT molecular complexity index is 797. The Morgan fingerprint density at radius 2 is 1.55 bits per heavy atom. The van der Waals surface area contributed by atoms with E-state index in [1.807, 2.05) is 0 Å². The van der Waals surface area contributed by atoms with Gasteiger partial charge in [-0.2, -0.15) is 4.99 Å². The van der Waals surface area contributed by atoms with E-state index in [1.54, 1.807) is 12.1 Å². The predicted molar refractivity (Wildman–Crippen MR) is 95.5 cm³/mol. The van der Waals surface area contributed by atoms with E-state index in [0.29, 0.717) is 15.7 Å². The molecule has 2 aromatic carbocycles. The molecule has 0 saturated heterocycles. The Hall–Kier alpha value is -1.62. The number of halogens is 2. The van der Waals surface area contributed by atoms with Crippen LogP contribution in [0.5, 0.6) is 0 Å². The summed E-state index contributed by atoms with van der Waals surface area (Å²) in [6.07, 6.45) is 2.61. The van der Waals surface area contributed by atoms with Crippen molar-refractivity contribution < 1.29 is 0 Å². The largest absolute Gasteiger partial charge is 0.192 e. The number of aliphatic imine (C=N–C) groups is 1. The van der Waals surface area contributed by atoms with Crippen molar-refractivity contribution in [1.82, 2.24) is 0 Å². The van der Waals surface area contributed by atoms with Gasteiger partial charge in [0.25, 0.3) is 0 Å². The molecule has 0 aliphatic heterocycles. The highest BCUT2D eigenvalue weighted by atomic mass is 35.5. The molecule has 2 aromatic rings. The molecule has 4 heteroatoms. The van der Waals surface area contributed by atoms with Gasteiger partial charge in [0.15, 0.2) is 0 Å². The third kappa shape index (κ3) is 3.58. The topological polar surface area (TPSA) is 12.4 Å². The summed E-state index contributed by atoms with van der Waals surface area (Å²) in [6.45, 7) is 0. The molecule has 108 valence electrons. The number of hydrogen-bond acceptors (Lipinski definition) is 2. The van der Waals surface area contributed by atoms with E-state index in [1.165, 1.54) is 18.4 Å². The molecule has 0 aromatic heterocycles. The SMILES string of the molecule is S=C=Nc1c(Cl)cc(C#Cc2ccc(C3CC3)cc2)cc1Cl. The lowest BCUT2D eigenvalue weighted by Gasteiger charge is -2.01. The fourth-order valence-electron chi connectivity index (χ4n) is 2.19. The lowest BCUT2D eigenvalue weighted by atomic mass is 10.1. The summed E-state index contributed by atoms with van der Waals surface area (Å²) in [4.78, 5) is 3.85. The van der Waals surface area contributed by atoms with Gasteiger partial charge in [-0.1, -0.05) is 47.2 Å². The molecule has 0 heterocycles. The number of isothiocyanates is 1. The predicted octanol–water partition coefficient (Wildman–Crippen LogP) is 6.00. The molecule has 0 unspecified atom stereocenters. The third-order valence-electron chi connectivity index (χ3n) is 3.48. The van der Waals surface area contributed by atoms with Gasteiger partial charge in [-0.25, -0.2) is 0 Å². The Labute approximate surface area is 145 Å². The molecule has 1 saturated carbocycles. The highest BCUT2D eigenvalue weighted by Gasteiger charge is 2.22. The molecule has 1 fully saturated rings. The maximum atomic E-state index is 6.13. The number of thiocarbonyl (C=S) groups is 1. The van der Waals surface area contributed by atoms with Crippen molar-refractivity contribution in [3.63, 3.8) is 0 Å². The minimum atomic E-state index is 0.415. The molecule has 0 spiro atoms. The van der Waals surface area contributed by atoms with Crippen molar-refractivity contribution in [3.8, 4) is 11.8 Å². The number of benzene rings is 2. The summed E-state index contributed by atoms with van der Waals surface area (Å²) >= 11 is 16.8. The van der Waals surface area contributed by atoms with Crippen molar-refractivity contribution in [1.29, 1.82) is 0 Å². The molecule has 0 N–H and O–H groups in total. The Morgan fingerprint density at radius 1 is 0.955 bits per heavy atom. The van der Waals surface area contributed by atoms with E-state index in [-0.39, 0.29) is 0 Å². The van der Waals surface area contributed by atoms with Crippen LogP contribution in [0.25, 0.3) is 0 Å².